The zero-order valence-electron chi connectivity index (χ0n) is 14.6. The van der Waals surface area contributed by atoms with Gasteiger partial charge in [0.05, 0.1) is 5.56 Å². The second-order valence-corrected chi connectivity index (χ2v) is 6.10. The molecule has 2 heteroatoms. The molecule has 0 fully saturated rings. The van der Waals surface area contributed by atoms with Crippen LogP contribution in [0.3, 0.4) is 0 Å². The van der Waals surface area contributed by atoms with Crippen LogP contribution >= 0.6 is 0 Å². The van der Waals surface area contributed by atoms with E-state index in [4.69, 9.17) is 4.74 Å². The van der Waals surface area contributed by atoms with Crippen molar-refractivity contribution in [3.8, 4) is 17.6 Å². The second kappa shape index (κ2) is 7.59. The molecule has 0 unspecified atom stereocenters. The Morgan fingerprint density at radius 1 is 0.630 bits per heavy atom. The van der Waals surface area contributed by atoms with Crippen LogP contribution in [0.15, 0.2) is 97.1 Å². The van der Waals surface area contributed by atoms with Crippen LogP contribution in [0.5, 0.6) is 5.75 Å². The molecule has 0 N–H and O–H groups in total. The van der Waals surface area contributed by atoms with Crippen LogP contribution in [0.1, 0.15) is 21.5 Å². The van der Waals surface area contributed by atoms with Crippen LogP contribution in [0.4, 0.5) is 0 Å². The summed E-state index contributed by atoms with van der Waals surface area (Å²) in [6, 6.07) is 30.5. The first kappa shape index (κ1) is 16.6. The van der Waals surface area contributed by atoms with Gasteiger partial charge < -0.3 is 4.74 Å². The highest BCUT2D eigenvalue weighted by molar-refractivity contribution is 5.96. The van der Waals surface area contributed by atoms with Gasteiger partial charge >= 0.3 is 5.97 Å². The van der Waals surface area contributed by atoms with E-state index < -0.39 is 0 Å². The minimum absolute atomic E-state index is 0.365. The summed E-state index contributed by atoms with van der Waals surface area (Å²) >= 11 is 0. The van der Waals surface area contributed by atoms with E-state index in [1.165, 1.54) is 0 Å². The quantitative estimate of drug-likeness (QED) is 0.273. The number of carbonyl (C=O) groups excluding carboxylic acids is 1. The van der Waals surface area contributed by atoms with Crippen molar-refractivity contribution in [2.75, 3.05) is 0 Å². The summed E-state index contributed by atoms with van der Waals surface area (Å²) in [6.07, 6.45) is 0. The van der Waals surface area contributed by atoms with Crippen molar-refractivity contribution < 1.29 is 9.53 Å². The van der Waals surface area contributed by atoms with Crippen LogP contribution in [-0.4, -0.2) is 5.97 Å². The summed E-state index contributed by atoms with van der Waals surface area (Å²) in [5.74, 6) is 6.51. The van der Waals surface area contributed by atoms with Crippen molar-refractivity contribution in [1.29, 1.82) is 0 Å². The van der Waals surface area contributed by atoms with Crippen LogP contribution < -0.4 is 4.74 Å². The first-order chi connectivity index (χ1) is 13.3. The van der Waals surface area contributed by atoms with Crippen molar-refractivity contribution in [3.05, 3.63) is 114 Å². The van der Waals surface area contributed by atoms with Crippen molar-refractivity contribution in [2.24, 2.45) is 0 Å². The van der Waals surface area contributed by atoms with E-state index in [9.17, 15) is 4.79 Å². The van der Waals surface area contributed by atoms with E-state index in [1.807, 2.05) is 78.9 Å². The fourth-order valence-electron chi connectivity index (χ4n) is 2.77. The van der Waals surface area contributed by atoms with Gasteiger partial charge in [0.1, 0.15) is 5.75 Å². The average Bonchev–Trinajstić information content (AvgIpc) is 2.73. The van der Waals surface area contributed by atoms with Gasteiger partial charge in [-0.1, -0.05) is 60.4 Å². The largest absolute Gasteiger partial charge is 0.423 e. The van der Waals surface area contributed by atoms with E-state index in [0.717, 1.165) is 21.9 Å². The van der Waals surface area contributed by atoms with Crippen molar-refractivity contribution >= 4 is 16.7 Å². The molecule has 128 valence electrons. The third kappa shape index (κ3) is 4.05. The minimum atomic E-state index is -0.365. The lowest BCUT2D eigenvalue weighted by atomic mass is 10.0. The predicted octanol–water partition coefficient (Wildman–Crippen LogP) is 5.46. The molecule has 4 aromatic carbocycles. The standard InChI is InChI=1S/C25H16O2/c26-25(27-24-9-5-2-6-10-24)23-16-15-21-17-20(13-14-22(21)18-23)12-11-19-7-3-1-4-8-19/h1-10,13-18H. The minimum Gasteiger partial charge on any atom is -0.423 e. The summed E-state index contributed by atoms with van der Waals surface area (Å²) < 4.78 is 5.40. The molecule has 0 amide bonds. The van der Waals surface area contributed by atoms with Gasteiger partial charge in [-0.2, -0.15) is 0 Å². The van der Waals surface area contributed by atoms with Gasteiger partial charge in [-0.3, -0.25) is 0 Å². The lowest BCUT2D eigenvalue weighted by Gasteiger charge is -2.05. The maximum atomic E-state index is 12.3. The van der Waals surface area contributed by atoms with Crippen molar-refractivity contribution in [3.63, 3.8) is 0 Å². The Hall–Kier alpha value is -3.83. The number of rotatable bonds is 2. The van der Waals surface area contributed by atoms with Gasteiger partial charge in [-0.15, -0.1) is 0 Å². The highest BCUT2D eigenvalue weighted by Crippen LogP contribution is 2.19. The maximum Gasteiger partial charge on any atom is 0.343 e. The number of hydrogen-bond donors (Lipinski definition) is 0. The van der Waals surface area contributed by atoms with Gasteiger partial charge in [-0.05, 0) is 59.3 Å². The molecule has 0 aliphatic rings. The molecule has 2 nitrogen and oxygen atoms in total. The van der Waals surface area contributed by atoms with Crippen molar-refractivity contribution in [2.45, 2.75) is 0 Å². The molecule has 0 radical (unpaired) electrons. The van der Waals surface area contributed by atoms with Gasteiger partial charge in [0.2, 0.25) is 0 Å². The van der Waals surface area contributed by atoms with E-state index in [-0.39, 0.29) is 5.97 Å². The van der Waals surface area contributed by atoms with Crippen LogP contribution in [0.2, 0.25) is 0 Å². The second-order valence-electron chi connectivity index (χ2n) is 6.10. The molecule has 0 bridgehead atoms. The summed E-state index contributed by atoms with van der Waals surface area (Å²) in [7, 11) is 0. The molecule has 0 aliphatic carbocycles. The molecular weight excluding hydrogens is 332 g/mol. The molecule has 0 spiro atoms. The molecule has 0 saturated carbocycles. The Kier molecular flexibility index (Phi) is 4.68. The summed E-state index contributed by atoms with van der Waals surface area (Å²) in [4.78, 5) is 12.3. The smallest absolute Gasteiger partial charge is 0.343 e. The molecule has 4 aromatic rings. The normalized spacial score (nSPS) is 10.1. The van der Waals surface area contributed by atoms with Crippen LogP contribution in [0.25, 0.3) is 10.8 Å². The Morgan fingerprint density at radius 3 is 2.04 bits per heavy atom. The molecule has 0 saturated heterocycles. The van der Waals surface area contributed by atoms with E-state index in [1.54, 1.807) is 18.2 Å². The molecule has 0 heterocycles. The zero-order valence-corrected chi connectivity index (χ0v) is 14.6. The fourth-order valence-corrected chi connectivity index (χ4v) is 2.77. The van der Waals surface area contributed by atoms with Crippen molar-refractivity contribution in [1.82, 2.24) is 0 Å². The zero-order chi connectivity index (χ0) is 18.5. The molecule has 4 rings (SSSR count). The first-order valence-corrected chi connectivity index (χ1v) is 8.66. The molecular formula is C25H16O2. The lowest BCUT2D eigenvalue weighted by molar-refractivity contribution is 0.0735. The molecule has 0 atom stereocenters. The lowest BCUT2D eigenvalue weighted by Crippen LogP contribution is -2.08. The Balaban J connectivity index is 1.57. The topological polar surface area (TPSA) is 26.3 Å². The third-order valence-electron chi connectivity index (χ3n) is 4.15. The van der Waals surface area contributed by atoms with Gasteiger partial charge in [0.25, 0.3) is 0 Å². The van der Waals surface area contributed by atoms with E-state index in [2.05, 4.69) is 11.8 Å². The van der Waals surface area contributed by atoms with Gasteiger partial charge in [0.15, 0.2) is 0 Å². The van der Waals surface area contributed by atoms with E-state index in [0.29, 0.717) is 11.3 Å². The highest BCUT2D eigenvalue weighted by atomic mass is 16.5. The van der Waals surface area contributed by atoms with Gasteiger partial charge in [-0.25, -0.2) is 4.79 Å². The first-order valence-electron chi connectivity index (χ1n) is 8.66. The molecule has 27 heavy (non-hydrogen) atoms. The monoisotopic (exact) mass is 348 g/mol. The average molecular weight is 348 g/mol. The highest BCUT2D eigenvalue weighted by Gasteiger charge is 2.09. The van der Waals surface area contributed by atoms with Crippen LogP contribution in [0, 0.1) is 11.8 Å². The number of para-hydroxylation sites is 1. The fraction of sp³-hybridized carbons (Fsp3) is 0. The van der Waals surface area contributed by atoms with Crippen LogP contribution in [-0.2, 0) is 0 Å². The molecule has 0 aromatic heterocycles. The SMILES string of the molecule is O=C(Oc1ccccc1)c1ccc2cc(C#Cc3ccccc3)ccc2c1. The number of fused-ring (bicyclic) bond motifs is 1. The number of esters is 1. The Labute approximate surface area is 158 Å². The van der Waals surface area contributed by atoms with E-state index >= 15 is 0 Å². The number of hydrogen-bond acceptors (Lipinski definition) is 2. The third-order valence-corrected chi connectivity index (χ3v) is 4.15. The number of ether oxygens (including phenoxy) is 1. The Bertz CT molecular complexity index is 1150. The number of carbonyl (C=O) groups is 1. The maximum absolute atomic E-state index is 12.3. The Morgan fingerprint density at radius 2 is 1.26 bits per heavy atom. The predicted molar refractivity (Wildman–Crippen MR) is 108 cm³/mol. The summed E-state index contributed by atoms with van der Waals surface area (Å²) in [5, 5.41) is 2.01. The molecule has 0 aliphatic heterocycles. The van der Waals surface area contributed by atoms with Gasteiger partial charge in [0, 0.05) is 11.1 Å². The number of benzene rings is 4. The summed E-state index contributed by atoms with van der Waals surface area (Å²) in [6.45, 7) is 0. The summed E-state index contributed by atoms with van der Waals surface area (Å²) in [5.41, 5.74) is 2.44.